The molecule has 0 aliphatic carbocycles. The number of hydrogen-bond donors (Lipinski definition) is 0. The van der Waals surface area contributed by atoms with Crippen molar-refractivity contribution in [3.05, 3.63) is 36.2 Å². The predicted octanol–water partition coefficient (Wildman–Crippen LogP) is 0.871. The highest BCUT2D eigenvalue weighted by Gasteiger charge is 2.42. The number of fused-ring (bicyclic) bond motifs is 1. The number of urea groups is 1. The number of aromatic nitrogens is 2. The van der Waals surface area contributed by atoms with Crippen LogP contribution in [0.2, 0.25) is 0 Å². The van der Waals surface area contributed by atoms with Gasteiger partial charge in [-0.05, 0) is 12.1 Å². The van der Waals surface area contributed by atoms with E-state index in [1.165, 1.54) is 23.9 Å². The van der Waals surface area contributed by atoms with Gasteiger partial charge in [-0.1, -0.05) is 12.1 Å². The molecule has 4 amide bonds. The number of para-hydroxylation sites is 2. The fourth-order valence-corrected chi connectivity index (χ4v) is 2.80. The van der Waals surface area contributed by atoms with Crippen LogP contribution in [0.25, 0.3) is 11.0 Å². The molecule has 1 aliphatic heterocycles. The standard InChI is InChI=1S/C17H19N5O3/c1-20(10-11-9-18-12-6-4-5-7-13(12)19-11)15(23)8-14-16(24)22(3)17(25)21(14)2/h4-7,9,14H,8,10H2,1-3H3/t14-/m1/s1. The lowest BCUT2D eigenvalue weighted by Crippen LogP contribution is -2.38. The van der Waals surface area contributed by atoms with Gasteiger partial charge in [-0.2, -0.15) is 0 Å². The van der Waals surface area contributed by atoms with Crippen LogP contribution in [0.1, 0.15) is 12.1 Å². The Bertz CT molecular complexity index is 853. The minimum atomic E-state index is -0.755. The highest BCUT2D eigenvalue weighted by atomic mass is 16.2. The lowest BCUT2D eigenvalue weighted by molar-refractivity contribution is -0.135. The number of nitrogens with zero attached hydrogens (tertiary/aromatic N) is 5. The van der Waals surface area contributed by atoms with Crippen molar-refractivity contribution in [2.75, 3.05) is 21.1 Å². The Morgan fingerprint density at radius 1 is 1.20 bits per heavy atom. The van der Waals surface area contributed by atoms with Crippen LogP contribution in [0, 0.1) is 0 Å². The van der Waals surface area contributed by atoms with Crippen LogP contribution >= 0.6 is 0 Å². The van der Waals surface area contributed by atoms with Crippen molar-refractivity contribution in [1.82, 2.24) is 24.7 Å². The van der Waals surface area contributed by atoms with Gasteiger partial charge in [-0.25, -0.2) is 9.78 Å². The number of carbonyl (C=O) groups excluding carboxylic acids is 3. The van der Waals surface area contributed by atoms with Crippen molar-refractivity contribution in [2.24, 2.45) is 0 Å². The second-order valence-corrected chi connectivity index (χ2v) is 6.11. The minimum Gasteiger partial charge on any atom is -0.340 e. The van der Waals surface area contributed by atoms with Gasteiger partial charge in [0.25, 0.3) is 5.91 Å². The van der Waals surface area contributed by atoms with Gasteiger partial charge in [0.15, 0.2) is 0 Å². The Labute approximate surface area is 145 Å². The maximum absolute atomic E-state index is 12.4. The Kier molecular flexibility index (Phi) is 4.35. The van der Waals surface area contributed by atoms with Gasteiger partial charge in [-0.3, -0.25) is 19.5 Å². The van der Waals surface area contributed by atoms with Gasteiger partial charge in [0.2, 0.25) is 5.91 Å². The van der Waals surface area contributed by atoms with Crippen LogP contribution in [0.5, 0.6) is 0 Å². The number of hydrogen-bond acceptors (Lipinski definition) is 5. The number of imide groups is 1. The number of rotatable bonds is 4. The zero-order chi connectivity index (χ0) is 18.1. The Balaban J connectivity index is 1.68. The number of carbonyl (C=O) groups is 3. The quantitative estimate of drug-likeness (QED) is 0.770. The molecule has 0 unspecified atom stereocenters. The Hall–Kier alpha value is -3.03. The van der Waals surface area contributed by atoms with Crippen molar-refractivity contribution in [1.29, 1.82) is 0 Å². The van der Waals surface area contributed by atoms with E-state index >= 15 is 0 Å². The van der Waals surface area contributed by atoms with Crippen LogP contribution in [0.3, 0.4) is 0 Å². The average molecular weight is 341 g/mol. The highest BCUT2D eigenvalue weighted by molar-refractivity contribution is 6.05. The molecule has 130 valence electrons. The molecule has 1 atom stereocenters. The van der Waals surface area contributed by atoms with E-state index in [-0.39, 0.29) is 24.8 Å². The van der Waals surface area contributed by atoms with Gasteiger partial charge in [0, 0.05) is 21.1 Å². The van der Waals surface area contributed by atoms with Gasteiger partial charge in [-0.15, -0.1) is 0 Å². The van der Waals surface area contributed by atoms with Gasteiger partial charge >= 0.3 is 6.03 Å². The molecule has 8 heteroatoms. The summed E-state index contributed by atoms with van der Waals surface area (Å²) >= 11 is 0. The summed E-state index contributed by atoms with van der Waals surface area (Å²) in [7, 11) is 4.58. The minimum absolute atomic E-state index is 0.0527. The summed E-state index contributed by atoms with van der Waals surface area (Å²) in [5, 5.41) is 0. The first kappa shape index (κ1) is 16.8. The summed E-state index contributed by atoms with van der Waals surface area (Å²) in [4.78, 5) is 48.9. The van der Waals surface area contributed by atoms with E-state index in [4.69, 9.17) is 0 Å². The van der Waals surface area contributed by atoms with Crippen LogP contribution < -0.4 is 0 Å². The summed E-state index contributed by atoms with van der Waals surface area (Å²) in [5.74, 6) is -0.594. The second kappa shape index (κ2) is 6.46. The fraction of sp³-hybridized carbons (Fsp3) is 0.353. The smallest absolute Gasteiger partial charge is 0.326 e. The molecule has 0 spiro atoms. The molecule has 2 aromatic rings. The number of amides is 4. The highest BCUT2D eigenvalue weighted by Crippen LogP contribution is 2.18. The molecule has 25 heavy (non-hydrogen) atoms. The van der Waals surface area contributed by atoms with E-state index in [0.29, 0.717) is 5.69 Å². The number of benzene rings is 1. The molecular formula is C17H19N5O3. The zero-order valence-electron chi connectivity index (χ0n) is 14.3. The molecule has 3 rings (SSSR count). The molecule has 1 fully saturated rings. The third kappa shape index (κ3) is 3.15. The van der Waals surface area contributed by atoms with Gasteiger partial charge in [0.05, 0.1) is 35.9 Å². The van der Waals surface area contributed by atoms with Crippen molar-refractivity contribution < 1.29 is 14.4 Å². The van der Waals surface area contributed by atoms with E-state index in [2.05, 4.69) is 9.97 Å². The third-order valence-electron chi connectivity index (χ3n) is 4.36. The summed E-state index contributed by atoms with van der Waals surface area (Å²) in [6.45, 7) is 0.283. The SMILES string of the molecule is CN(Cc1cnc2ccccc2n1)C(=O)C[C@@H]1C(=O)N(C)C(=O)N1C. The van der Waals surface area contributed by atoms with Crippen molar-refractivity contribution in [3.63, 3.8) is 0 Å². The van der Waals surface area contributed by atoms with Crippen LogP contribution in [-0.2, 0) is 16.1 Å². The van der Waals surface area contributed by atoms with E-state index in [9.17, 15) is 14.4 Å². The summed E-state index contributed by atoms with van der Waals surface area (Å²) < 4.78 is 0. The largest absolute Gasteiger partial charge is 0.340 e. The Morgan fingerprint density at radius 2 is 1.88 bits per heavy atom. The summed E-state index contributed by atoms with van der Waals surface area (Å²) in [6.07, 6.45) is 1.58. The van der Waals surface area contributed by atoms with Crippen molar-refractivity contribution in [3.8, 4) is 0 Å². The van der Waals surface area contributed by atoms with Crippen LogP contribution in [0.4, 0.5) is 4.79 Å². The predicted molar refractivity (Wildman–Crippen MR) is 90.3 cm³/mol. The topological polar surface area (TPSA) is 86.7 Å². The first-order valence-corrected chi connectivity index (χ1v) is 7.87. The lowest BCUT2D eigenvalue weighted by atomic mass is 10.1. The van der Waals surface area contributed by atoms with Crippen molar-refractivity contribution >= 4 is 28.9 Å². The monoisotopic (exact) mass is 341 g/mol. The zero-order valence-corrected chi connectivity index (χ0v) is 14.3. The van der Waals surface area contributed by atoms with E-state index < -0.39 is 12.1 Å². The molecule has 0 bridgehead atoms. The maximum atomic E-state index is 12.4. The van der Waals surface area contributed by atoms with Crippen molar-refractivity contribution in [2.45, 2.75) is 19.0 Å². The molecule has 1 saturated heterocycles. The molecule has 1 aromatic carbocycles. The molecule has 1 aromatic heterocycles. The van der Waals surface area contributed by atoms with Crippen LogP contribution in [0.15, 0.2) is 30.5 Å². The molecule has 0 saturated carbocycles. The number of likely N-dealkylation sites (N-methyl/N-ethyl adjacent to an activating group) is 2. The molecular weight excluding hydrogens is 322 g/mol. The summed E-state index contributed by atoms with van der Waals surface area (Å²) in [6, 6.07) is 6.35. The molecule has 0 radical (unpaired) electrons. The third-order valence-corrected chi connectivity index (χ3v) is 4.36. The van der Waals surface area contributed by atoms with Gasteiger partial charge in [0.1, 0.15) is 6.04 Å². The Morgan fingerprint density at radius 3 is 2.52 bits per heavy atom. The van der Waals surface area contributed by atoms with Crippen LogP contribution in [-0.4, -0.2) is 69.7 Å². The lowest BCUT2D eigenvalue weighted by Gasteiger charge is -2.21. The van der Waals surface area contributed by atoms with E-state index in [0.717, 1.165) is 15.9 Å². The average Bonchev–Trinajstić information content (AvgIpc) is 2.79. The fourth-order valence-electron chi connectivity index (χ4n) is 2.80. The first-order chi connectivity index (χ1) is 11.9. The maximum Gasteiger partial charge on any atom is 0.326 e. The molecule has 8 nitrogen and oxygen atoms in total. The van der Waals surface area contributed by atoms with Gasteiger partial charge < -0.3 is 9.80 Å². The first-order valence-electron chi connectivity index (χ1n) is 7.87. The normalized spacial score (nSPS) is 17.5. The second-order valence-electron chi connectivity index (χ2n) is 6.11. The molecule has 0 N–H and O–H groups in total. The molecule has 1 aliphatic rings. The van der Waals surface area contributed by atoms with E-state index in [1.807, 2.05) is 24.3 Å². The molecule has 2 heterocycles. The summed E-state index contributed by atoms with van der Waals surface area (Å²) in [5.41, 5.74) is 2.22. The van der Waals surface area contributed by atoms with E-state index in [1.54, 1.807) is 13.2 Å².